The van der Waals surface area contributed by atoms with Crippen molar-refractivity contribution >= 4 is 40.8 Å². The summed E-state index contributed by atoms with van der Waals surface area (Å²) in [6, 6.07) is 7.72. The number of carbonyl (C=O) groups is 2. The monoisotopic (exact) mass is 427 g/mol. The number of ether oxygens (including phenoxy) is 4. The standard InChI is InChI=1S/C19H19Cl2NO6/c1-10(28-14-7-5-6-12(20)17(14)21)18(23)22-13-9-16(26-3)15(25-2)8-11(13)19(24)27-4/h5-10H,1-4H3,(H,22,23). The maximum absolute atomic E-state index is 12.6. The Morgan fingerprint density at radius 3 is 2.25 bits per heavy atom. The van der Waals surface area contributed by atoms with Crippen molar-refractivity contribution in [2.45, 2.75) is 13.0 Å². The maximum atomic E-state index is 12.6. The molecule has 0 bridgehead atoms. The molecule has 2 aromatic rings. The van der Waals surface area contributed by atoms with Gasteiger partial charge in [0, 0.05) is 12.1 Å². The van der Waals surface area contributed by atoms with Crippen molar-refractivity contribution in [3.05, 3.63) is 45.9 Å². The second-order valence-corrected chi connectivity index (χ2v) is 6.33. The summed E-state index contributed by atoms with van der Waals surface area (Å²) in [5.74, 6) is -0.263. The second kappa shape index (κ2) is 9.52. The Bertz CT molecular complexity index is 887. The highest BCUT2D eigenvalue weighted by atomic mass is 35.5. The molecule has 150 valence electrons. The van der Waals surface area contributed by atoms with E-state index in [1.807, 2.05) is 0 Å². The van der Waals surface area contributed by atoms with Crippen LogP contribution in [0.25, 0.3) is 0 Å². The third-order valence-corrected chi connectivity index (χ3v) is 4.58. The van der Waals surface area contributed by atoms with E-state index in [0.717, 1.165) is 0 Å². The number of benzene rings is 2. The minimum Gasteiger partial charge on any atom is -0.493 e. The van der Waals surface area contributed by atoms with E-state index in [2.05, 4.69) is 5.32 Å². The number of halogens is 2. The maximum Gasteiger partial charge on any atom is 0.340 e. The number of rotatable bonds is 7. The fourth-order valence-corrected chi connectivity index (χ4v) is 2.65. The van der Waals surface area contributed by atoms with Crippen molar-refractivity contribution in [3.8, 4) is 17.2 Å². The van der Waals surface area contributed by atoms with Gasteiger partial charge in [-0.25, -0.2) is 4.79 Å². The number of methoxy groups -OCH3 is 3. The Kier molecular flexibility index (Phi) is 7.37. The van der Waals surface area contributed by atoms with Crippen LogP contribution in [0.5, 0.6) is 17.2 Å². The fourth-order valence-electron chi connectivity index (χ4n) is 2.31. The van der Waals surface area contributed by atoms with Gasteiger partial charge in [-0.05, 0) is 19.1 Å². The molecule has 1 unspecified atom stereocenters. The van der Waals surface area contributed by atoms with Crippen LogP contribution in [0.3, 0.4) is 0 Å². The summed E-state index contributed by atoms with van der Waals surface area (Å²) in [6.07, 6.45) is -0.936. The second-order valence-electron chi connectivity index (χ2n) is 5.55. The van der Waals surface area contributed by atoms with Crippen LogP contribution in [0.15, 0.2) is 30.3 Å². The van der Waals surface area contributed by atoms with Crippen molar-refractivity contribution in [3.63, 3.8) is 0 Å². The summed E-state index contributed by atoms with van der Waals surface area (Å²) in [4.78, 5) is 24.7. The molecule has 0 radical (unpaired) electrons. The van der Waals surface area contributed by atoms with Crippen LogP contribution in [-0.2, 0) is 9.53 Å². The Balaban J connectivity index is 2.28. The lowest BCUT2D eigenvalue weighted by molar-refractivity contribution is -0.122. The van der Waals surface area contributed by atoms with Crippen LogP contribution in [0, 0.1) is 0 Å². The number of esters is 1. The van der Waals surface area contributed by atoms with Crippen LogP contribution in [-0.4, -0.2) is 39.3 Å². The molecule has 0 spiro atoms. The van der Waals surface area contributed by atoms with Crippen molar-refractivity contribution in [2.24, 2.45) is 0 Å². The van der Waals surface area contributed by atoms with Crippen LogP contribution >= 0.6 is 23.2 Å². The smallest absolute Gasteiger partial charge is 0.340 e. The third kappa shape index (κ3) is 4.79. The predicted molar refractivity (Wildman–Crippen MR) is 106 cm³/mol. The molecule has 0 saturated heterocycles. The summed E-state index contributed by atoms with van der Waals surface area (Å²) in [7, 11) is 4.10. The van der Waals surface area contributed by atoms with Gasteiger partial charge in [0.05, 0.1) is 37.6 Å². The molecule has 7 nitrogen and oxygen atoms in total. The average molecular weight is 428 g/mol. The number of hydrogen-bond donors (Lipinski definition) is 1. The van der Waals surface area contributed by atoms with Gasteiger partial charge in [0.25, 0.3) is 5.91 Å². The van der Waals surface area contributed by atoms with Crippen molar-refractivity contribution in [1.29, 1.82) is 0 Å². The molecular formula is C19H19Cl2NO6. The normalized spacial score (nSPS) is 11.4. The van der Waals surface area contributed by atoms with Crippen molar-refractivity contribution in [2.75, 3.05) is 26.6 Å². The molecule has 2 aromatic carbocycles. The van der Waals surface area contributed by atoms with E-state index < -0.39 is 18.0 Å². The summed E-state index contributed by atoms with van der Waals surface area (Å²) in [5.41, 5.74) is 0.281. The van der Waals surface area contributed by atoms with E-state index in [1.165, 1.54) is 40.4 Å². The Hall–Kier alpha value is -2.64. The van der Waals surface area contributed by atoms with E-state index in [4.69, 9.17) is 42.1 Å². The average Bonchev–Trinajstić information content (AvgIpc) is 2.70. The third-order valence-electron chi connectivity index (χ3n) is 3.78. The zero-order valence-electron chi connectivity index (χ0n) is 15.7. The van der Waals surface area contributed by atoms with Gasteiger partial charge in [0.15, 0.2) is 17.6 Å². The molecule has 0 fully saturated rings. The van der Waals surface area contributed by atoms with Crippen LogP contribution in [0.1, 0.15) is 17.3 Å². The largest absolute Gasteiger partial charge is 0.493 e. The number of hydrogen-bond acceptors (Lipinski definition) is 6. The topological polar surface area (TPSA) is 83.1 Å². The fraction of sp³-hybridized carbons (Fsp3) is 0.263. The van der Waals surface area contributed by atoms with E-state index in [0.29, 0.717) is 16.5 Å². The zero-order valence-corrected chi connectivity index (χ0v) is 17.2. The molecule has 0 aliphatic heterocycles. The molecule has 9 heteroatoms. The van der Waals surface area contributed by atoms with Gasteiger partial charge in [0.1, 0.15) is 10.8 Å². The van der Waals surface area contributed by atoms with Crippen molar-refractivity contribution < 1.29 is 28.5 Å². The first kappa shape index (κ1) is 21.7. The predicted octanol–water partition coefficient (Wildman–Crippen LogP) is 4.20. The van der Waals surface area contributed by atoms with Gasteiger partial charge < -0.3 is 24.3 Å². The van der Waals surface area contributed by atoms with Gasteiger partial charge >= 0.3 is 5.97 Å². The van der Waals surface area contributed by atoms with Gasteiger partial charge in [-0.15, -0.1) is 0 Å². The lowest BCUT2D eigenvalue weighted by Crippen LogP contribution is -2.31. The lowest BCUT2D eigenvalue weighted by Gasteiger charge is -2.18. The molecule has 2 rings (SSSR count). The van der Waals surface area contributed by atoms with Gasteiger partial charge in [0.2, 0.25) is 0 Å². The van der Waals surface area contributed by atoms with E-state index >= 15 is 0 Å². The molecule has 1 N–H and O–H groups in total. The van der Waals surface area contributed by atoms with E-state index in [9.17, 15) is 9.59 Å². The first-order valence-corrected chi connectivity index (χ1v) is 8.83. The first-order valence-electron chi connectivity index (χ1n) is 8.08. The number of amides is 1. The lowest BCUT2D eigenvalue weighted by atomic mass is 10.1. The van der Waals surface area contributed by atoms with E-state index in [-0.39, 0.29) is 22.0 Å². The summed E-state index contributed by atoms with van der Waals surface area (Å²) in [5, 5.41) is 3.13. The molecule has 0 aliphatic carbocycles. The molecule has 0 aliphatic rings. The molecular weight excluding hydrogens is 409 g/mol. The number of nitrogens with one attached hydrogen (secondary N) is 1. The first-order chi connectivity index (χ1) is 13.3. The SMILES string of the molecule is COC(=O)c1cc(OC)c(OC)cc1NC(=O)C(C)Oc1cccc(Cl)c1Cl. The Morgan fingerprint density at radius 1 is 1.00 bits per heavy atom. The zero-order chi connectivity index (χ0) is 20.8. The molecule has 0 heterocycles. The molecule has 0 saturated carbocycles. The van der Waals surface area contributed by atoms with Crippen LogP contribution in [0.4, 0.5) is 5.69 Å². The van der Waals surface area contributed by atoms with Crippen molar-refractivity contribution in [1.82, 2.24) is 0 Å². The summed E-state index contributed by atoms with van der Waals surface area (Å²) >= 11 is 12.0. The summed E-state index contributed by atoms with van der Waals surface area (Å²) in [6.45, 7) is 1.53. The Labute approximate surface area is 172 Å². The summed E-state index contributed by atoms with van der Waals surface area (Å²) < 4.78 is 20.8. The Morgan fingerprint density at radius 2 is 1.64 bits per heavy atom. The van der Waals surface area contributed by atoms with Gasteiger partial charge in [-0.3, -0.25) is 4.79 Å². The minimum atomic E-state index is -0.936. The minimum absolute atomic E-state index is 0.0986. The highest BCUT2D eigenvalue weighted by Crippen LogP contribution is 2.35. The highest BCUT2D eigenvalue weighted by Gasteiger charge is 2.22. The molecule has 1 atom stereocenters. The number of anilines is 1. The van der Waals surface area contributed by atoms with Crippen LogP contribution < -0.4 is 19.5 Å². The van der Waals surface area contributed by atoms with Gasteiger partial charge in [-0.1, -0.05) is 29.3 Å². The molecule has 0 aromatic heterocycles. The highest BCUT2D eigenvalue weighted by molar-refractivity contribution is 6.42. The van der Waals surface area contributed by atoms with E-state index in [1.54, 1.807) is 18.2 Å². The number of carbonyl (C=O) groups excluding carboxylic acids is 2. The quantitative estimate of drug-likeness (QED) is 0.666. The van der Waals surface area contributed by atoms with Gasteiger partial charge in [-0.2, -0.15) is 0 Å². The van der Waals surface area contributed by atoms with Crippen LogP contribution in [0.2, 0.25) is 10.0 Å². The molecule has 1 amide bonds. The molecule has 28 heavy (non-hydrogen) atoms.